The van der Waals surface area contributed by atoms with Gasteiger partial charge in [0.2, 0.25) is 5.13 Å². The summed E-state index contributed by atoms with van der Waals surface area (Å²) in [5.74, 6) is -0.429. The summed E-state index contributed by atoms with van der Waals surface area (Å²) in [5.41, 5.74) is 2.07. The minimum Gasteiger partial charge on any atom is -0.267 e. The van der Waals surface area contributed by atoms with Gasteiger partial charge >= 0.3 is 0 Å². The lowest BCUT2D eigenvalue weighted by Gasteiger charge is -2.11. The van der Waals surface area contributed by atoms with Gasteiger partial charge in [-0.1, -0.05) is 69.7 Å². The predicted octanol–water partition coefficient (Wildman–Crippen LogP) is 6.05. The Bertz CT molecular complexity index is 1350. The van der Waals surface area contributed by atoms with E-state index in [4.69, 9.17) is 0 Å². The number of hydrogen-bond donors (Lipinski definition) is 0. The van der Waals surface area contributed by atoms with Crippen LogP contribution in [0.2, 0.25) is 0 Å². The van der Waals surface area contributed by atoms with Crippen molar-refractivity contribution in [1.29, 1.82) is 0 Å². The number of carbonyl (C=O) groups excluding carboxylic acids is 1. The molecular formula is C23H15BrN4O3S. The van der Waals surface area contributed by atoms with Crippen LogP contribution >= 0.6 is 27.3 Å². The number of nitrogens with zero attached hydrogens (tertiary/aromatic N) is 4. The molecule has 0 bridgehead atoms. The molecule has 4 rings (SSSR count). The van der Waals surface area contributed by atoms with Crippen molar-refractivity contribution < 1.29 is 9.72 Å². The highest BCUT2D eigenvalue weighted by Crippen LogP contribution is 2.31. The van der Waals surface area contributed by atoms with Gasteiger partial charge in [-0.3, -0.25) is 14.9 Å². The number of fused-ring (bicyclic) bond motifs is 1. The van der Waals surface area contributed by atoms with Crippen molar-refractivity contribution in [3.8, 4) is 0 Å². The zero-order chi connectivity index (χ0) is 22.5. The van der Waals surface area contributed by atoms with Gasteiger partial charge in [-0.2, -0.15) is 10.1 Å². The lowest BCUT2D eigenvalue weighted by Crippen LogP contribution is -2.23. The topological polar surface area (TPSA) is 88.7 Å². The minimum absolute atomic E-state index is 0.0460. The van der Waals surface area contributed by atoms with E-state index < -0.39 is 10.8 Å². The largest absolute Gasteiger partial charge is 0.273 e. The standard InChI is InChI=1S/C23H15BrN4O3S/c24-18-10-11-20-21(14-18)32-23(26-20)27(25-15-17-5-2-1-3-6-17)22(29)12-9-16-7-4-8-19(13-16)28(30)31/h1-15H/b12-9+,25-15+. The zero-order valence-electron chi connectivity index (χ0n) is 16.5. The van der Waals surface area contributed by atoms with Gasteiger partial charge in [-0.15, -0.1) is 0 Å². The van der Waals surface area contributed by atoms with E-state index in [-0.39, 0.29) is 5.69 Å². The second kappa shape index (κ2) is 9.63. The van der Waals surface area contributed by atoms with Crippen LogP contribution in [-0.4, -0.2) is 22.0 Å². The van der Waals surface area contributed by atoms with Crippen molar-refractivity contribution in [1.82, 2.24) is 4.98 Å². The molecule has 0 saturated heterocycles. The van der Waals surface area contributed by atoms with Crippen LogP contribution in [0.15, 0.2) is 88.4 Å². The second-order valence-corrected chi connectivity index (χ2v) is 8.52. The fraction of sp³-hybridized carbons (Fsp3) is 0. The van der Waals surface area contributed by atoms with Crippen molar-refractivity contribution in [2.24, 2.45) is 5.10 Å². The first-order valence-corrected chi connectivity index (χ1v) is 11.0. The Morgan fingerprint density at radius 2 is 1.84 bits per heavy atom. The fourth-order valence-electron chi connectivity index (χ4n) is 2.82. The van der Waals surface area contributed by atoms with Gasteiger partial charge in [0.15, 0.2) is 0 Å². The number of thiazole rings is 1. The molecule has 0 aliphatic heterocycles. The number of nitro benzene ring substituents is 1. The van der Waals surface area contributed by atoms with Crippen molar-refractivity contribution in [2.45, 2.75) is 0 Å². The molecule has 7 nitrogen and oxygen atoms in total. The number of halogens is 1. The van der Waals surface area contributed by atoms with Gasteiger partial charge < -0.3 is 0 Å². The normalized spacial score (nSPS) is 11.4. The maximum atomic E-state index is 13.0. The Morgan fingerprint density at radius 3 is 2.62 bits per heavy atom. The average Bonchev–Trinajstić information content (AvgIpc) is 3.21. The monoisotopic (exact) mass is 506 g/mol. The Kier molecular flexibility index (Phi) is 6.48. The summed E-state index contributed by atoms with van der Waals surface area (Å²) in [7, 11) is 0. The highest BCUT2D eigenvalue weighted by atomic mass is 79.9. The molecule has 32 heavy (non-hydrogen) atoms. The Balaban J connectivity index is 1.67. The van der Waals surface area contributed by atoms with Crippen LogP contribution in [0.25, 0.3) is 16.3 Å². The molecule has 0 unspecified atom stereocenters. The molecule has 0 radical (unpaired) electrons. The second-order valence-electron chi connectivity index (χ2n) is 6.60. The lowest BCUT2D eigenvalue weighted by atomic mass is 10.2. The van der Waals surface area contributed by atoms with Crippen molar-refractivity contribution in [3.05, 3.63) is 105 Å². The van der Waals surface area contributed by atoms with E-state index in [1.807, 2.05) is 48.5 Å². The number of anilines is 1. The molecule has 1 aromatic heterocycles. The predicted molar refractivity (Wildman–Crippen MR) is 131 cm³/mol. The minimum atomic E-state index is -0.477. The first-order chi connectivity index (χ1) is 15.5. The van der Waals surface area contributed by atoms with Crippen LogP contribution in [0.3, 0.4) is 0 Å². The Morgan fingerprint density at radius 1 is 1.06 bits per heavy atom. The van der Waals surface area contributed by atoms with E-state index in [1.165, 1.54) is 40.6 Å². The van der Waals surface area contributed by atoms with E-state index in [2.05, 4.69) is 26.0 Å². The number of benzene rings is 3. The van der Waals surface area contributed by atoms with Gasteiger partial charge in [-0.25, -0.2) is 4.98 Å². The number of amides is 1. The Hall–Kier alpha value is -3.69. The molecule has 0 aliphatic carbocycles. The maximum Gasteiger partial charge on any atom is 0.273 e. The molecule has 0 aliphatic rings. The van der Waals surface area contributed by atoms with E-state index in [0.29, 0.717) is 10.7 Å². The number of aromatic nitrogens is 1. The van der Waals surface area contributed by atoms with E-state index >= 15 is 0 Å². The number of non-ortho nitro benzene ring substituents is 1. The molecule has 0 N–H and O–H groups in total. The van der Waals surface area contributed by atoms with Crippen LogP contribution < -0.4 is 5.01 Å². The molecule has 4 aromatic rings. The molecule has 0 spiro atoms. The fourth-order valence-corrected chi connectivity index (χ4v) is 4.30. The smallest absolute Gasteiger partial charge is 0.267 e. The Labute approximate surface area is 195 Å². The van der Waals surface area contributed by atoms with Crippen molar-refractivity contribution >= 4 is 66.5 Å². The van der Waals surface area contributed by atoms with Crippen LogP contribution in [0.4, 0.5) is 10.8 Å². The first kappa shape index (κ1) is 21.5. The van der Waals surface area contributed by atoms with E-state index in [1.54, 1.807) is 18.3 Å². The molecule has 0 saturated carbocycles. The first-order valence-electron chi connectivity index (χ1n) is 9.41. The summed E-state index contributed by atoms with van der Waals surface area (Å²) in [6.07, 6.45) is 4.43. The number of nitro groups is 1. The van der Waals surface area contributed by atoms with Crippen molar-refractivity contribution in [3.63, 3.8) is 0 Å². The molecule has 158 valence electrons. The molecule has 1 amide bonds. The third-order valence-corrected chi connectivity index (χ3v) is 5.84. The van der Waals surface area contributed by atoms with Crippen LogP contribution in [0.5, 0.6) is 0 Å². The quantitative estimate of drug-likeness (QED) is 0.138. The molecular weight excluding hydrogens is 492 g/mol. The SMILES string of the molecule is O=C(/C=C/c1cccc([N+](=O)[O-])c1)N(/N=C/c1ccccc1)c1nc2ccc(Br)cc2s1. The van der Waals surface area contributed by atoms with Gasteiger partial charge in [0, 0.05) is 22.7 Å². The number of hydrazone groups is 1. The third kappa shape index (κ3) is 5.13. The summed E-state index contributed by atoms with van der Waals surface area (Å²) in [6, 6.07) is 21.1. The molecule has 3 aromatic carbocycles. The van der Waals surface area contributed by atoms with Crippen molar-refractivity contribution in [2.75, 3.05) is 5.01 Å². The summed E-state index contributed by atoms with van der Waals surface area (Å²) >= 11 is 4.78. The van der Waals surface area contributed by atoms with Crippen LogP contribution in [-0.2, 0) is 4.79 Å². The average molecular weight is 507 g/mol. The highest BCUT2D eigenvalue weighted by molar-refractivity contribution is 9.10. The van der Waals surface area contributed by atoms with E-state index in [9.17, 15) is 14.9 Å². The summed E-state index contributed by atoms with van der Waals surface area (Å²) in [5, 5.41) is 17.0. The maximum absolute atomic E-state index is 13.0. The third-order valence-electron chi connectivity index (χ3n) is 4.35. The van der Waals surface area contributed by atoms with Gasteiger partial charge in [-0.05, 0) is 35.4 Å². The van der Waals surface area contributed by atoms with Crippen LogP contribution in [0.1, 0.15) is 11.1 Å². The van der Waals surface area contributed by atoms with Gasteiger partial charge in [0.1, 0.15) is 0 Å². The molecule has 1 heterocycles. The lowest BCUT2D eigenvalue weighted by molar-refractivity contribution is -0.384. The van der Waals surface area contributed by atoms with E-state index in [0.717, 1.165) is 20.3 Å². The molecule has 0 fully saturated rings. The summed E-state index contributed by atoms with van der Waals surface area (Å²) < 4.78 is 1.82. The highest BCUT2D eigenvalue weighted by Gasteiger charge is 2.17. The van der Waals surface area contributed by atoms with Crippen LogP contribution in [0, 0.1) is 10.1 Å². The molecule has 9 heteroatoms. The molecule has 0 atom stereocenters. The number of rotatable bonds is 6. The number of carbonyl (C=O) groups is 1. The summed E-state index contributed by atoms with van der Waals surface area (Å²) in [4.78, 5) is 28.1. The number of hydrogen-bond acceptors (Lipinski definition) is 6. The zero-order valence-corrected chi connectivity index (χ0v) is 18.9. The van der Waals surface area contributed by atoms with Gasteiger partial charge in [0.05, 0.1) is 21.4 Å². The summed E-state index contributed by atoms with van der Waals surface area (Å²) in [6.45, 7) is 0. The van der Waals surface area contributed by atoms with Gasteiger partial charge in [0.25, 0.3) is 11.6 Å².